The van der Waals surface area contributed by atoms with Crippen LogP contribution >= 0.6 is 0 Å². The Bertz CT molecular complexity index is 2670. The first-order chi connectivity index (χ1) is 35.7. The van der Waals surface area contributed by atoms with Crippen molar-refractivity contribution in [3.8, 4) is 0 Å². The van der Waals surface area contributed by atoms with Crippen molar-refractivity contribution in [2.45, 2.75) is 83.7 Å². The number of aryl methyl sites for hydroxylation is 4. The molecule has 22 nitrogen and oxygen atoms in total. The van der Waals surface area contributed by atoms with Crippen LogP contribution in [0.1, 0.15) is 82.0 Å². The molecular weight excluding hydrogens is 1060 g/mol. The summed E-state index contributed by atoms with van der Waals surface area (Å²) < 4.78 is 75.7. The first-order valence-electron chi connectivity index (χ1n) is 25.3. The maximum atomic E-state index is 13.0. The quantitative estimate of drug-likeness (QED) is 0.0305. The molecule has 2 fully saturated rings. The average Bonchev–Trinajstić information content (AvgIpc) is 3.78. The number of hydrogen-bond acceptors (Lipinski definition) is 18. The van der Waals surface area contributed by atoms with Crippen molar-refractivity contribution >= 4 is 63.7 Å². The molecule has 428 valence electrons. The van der Waals surface area contributed by atoms with Gasteiger partial charge in [-0.2, -0.15) is 8.42 Å². The third-order valence-electron chi connectivity index (χ3n) is 12.3. The number of carbonyl (C=O) groups excluding carboxylic acids is 4. The maximum Gasteiger partial charge on any atom is 0.329 e. The first kappa shape index (κ1) is 69.0. The number of aliphatic hydroxyl groups excluding tert-OH is 1. The third kappa shape index (κ3) is 22.1. The Morgan fingerprint density at radius 2 is 0.844 bits per heavy atom. The molecule has 0 aliphatic heterocycles. The summed E-state index contributed by atoms with van der Waals surface area (Å²) in [4.78, 5) is 74.3. The normalized spacial score (nSPS) is 15.8. The van der Waals surface area contributed by atoms with Gasteiger partial charge in [0.25, 0.3) is 10.1 Å². The number of imidazole rings is 2. The molecule has 0 saturated heterocycles. The van der Waals surface area contributed by atoms with Gasteiger partial charge in [0.1, 0.15) is 11.6 Å². The third-order valence-corrected chi connectivity index (χ3v) is 12.9. The van der Waals surface area contributed by atoms with E-state index in [1.165, 1.54) is 0 Å². The van der Waals surface area contributed by atoms with E-state index < -0.39 is 22.2 Å². The van der Waals surface area contributed by atoms with Crippen LogP contribution in [0.15, 0.2) is 46.0 Å². The van der Waals surface area contributed by atoms with Crippen LogP contribution in [0.5, 0.6) is 0 Å². The number of rotatable bonds is 34. The number of hydrogen-bond donors (Lipinski definition) is 1. The summed E-state index contributed by atoms with van der Waals surface area (Å²) in [7, 11) is -0.00110. The summed E-state index contributed by atoms with van der Waals surface area (Å²) in [5, 5.41) is 8.60. The van der Waals surface area contributed by atoms with Gasteiger partial charge in [-0.3, -0.25) is 41.6 Å². The van der Waals surface area contributed by atoms with Crippen molar-refractivity contribution in [2.24, 2.45) is 14.1 Å². The van der Waals surface area contributed by atoms with Gasteiger partial charge in [0, 0.05) is 67.1 Å². The molecule has 77 heavy (non-hydrogen) atoms. The van der Waals surface area contributed by atoms with E-state index in [0.29, 0.717) is 131 Å². The Morgan fingerprint density at radius 1 is 0.519 bits per heavy atom. The molecule has 2 saturated carbocycles. The number of nitrogens with zero attached hydrogens (tertiary/aromatic N) is 4. The van der Waals surface area contributed by atoms with Crippen LogP contribution in [0.3, 0.4) is 0 Å². The molecule has 4 aromatic rings. The van der Waals surface area contributed by atoms with Gasteiger partial charge in [-0.15, -0.1) is 0 Å². The summed E-state index contributed by atoms with van der Waals surface area (Å²) in [6.45, 7) is 6.88. The van der Waals surface area contributed by atoms with Crippen molar-refractivity contribution < 1.29 is 93.3 Å². The van der Waals surface area contributed by atoms with Crippen molar-refractivity contribution in [3.05, 3.63) is 68.5 Å². The Hall–Kier alpha value is -4.14. The molecule has 2 aromatic heterocycles. The predicted molar refractivity (Wildman–Crippen MR) is 284 cm³/mol. The van der Waals surface area contributed by atoms with Gasteiger partial charge in [-0.25, -0.2) is 9.59 Å². The fraction of sp³-hybridized carbons (Fsp3) is 0.654. The predicted octanol–water partition coefficient (Wildman–Crippen LogP) is 2.63. The molecule has 2 aliphatic rings. The molecule has 1 N–H and O–H groups in total. The van der Waals surface area contributed by atoms with Gasteiger partial charge < -0.3 is 43.0 Å². The molecule has 2 atom stereocenters. The standard InChI is InChI=1S/C26H38N2O10S.C25H36N2O8.CH4.B.V/c1-27-25-20(5-3-7-23(25)28(26(27)31)22-9-8-21(29)19-24(22)30)6-4-10-34-11-12-35-13-14-36-15-16-37-17-18-38-39(2,32)33;1-26-24-19(5-3-10-32-12-14-34-16-17-35-15-13-33-11-9-28)4-2-6-22(24)27(25(26)31)21-8-7-20(29)18-23(21)30;;;/h3,5,7,22H,4,6,8-19H2,1-2H3;2,4,6,21,28H,3,5,7-18H2,1H3;1H4;;. The monoisotopic (exact) mass is 1140 g/mol. The van der Waals surface area contributed by atoms with Gasteiger partial charge >= 0.3 is 11.4 Å². The zero-order valence-electron chi connectivity index (χ0n) is 44.0. The van der Waals surface area contributed by atoms with Crippen LogP contribution in [0.2, 0.25) is 0 Å². The fourth-order valence-electron chi connectivity index (χ4n) is 8.87. The van der Waals surface area contributed by atoms with E-state index in [0.717, 1.165) is 58.7 Å². The minimum absolute atomic E-state index is 0. The molecule has 4 radical (unpaired) electrons. The van der Waals surface area contributed by atoms with E-state index in [1.54, 1.807) is 32.4 Å². The summed E-state index contributed by atoms with van der Waals surface area (Å²) in [5.74, 6) is -0.505. The number of ether oxygens (including phenoxy) is 8. The number of ketones is 4. The second kappa shape index (κ2) is 36.9. The summed E-state index contributed by atoms with van der Waals surface area (Å²) in [6, 6.07) is 10.3. The molecule has 2 heterocycles. The number of Topliss-reactive ketones (excluding diaryl/α,β-unsaturated/α-hetero) is 4. The minimum atomic E-state index is -3.44. The van der Waals surface area contributed by atoms with E-state index in [2.05, 4.69) is 4.18 Å². The van der Waals surface area contributed by atoms with Crippen LogP contribution in [0, 0.1) is 0 Å². The fourth-order valence-corrected chi connectivity index (χ4v) is 9.24. The van der Waals surface area contributed by atoms with Gasteiger partial charge in [-0.05, 0) is 61.8 Å². The smallest absolute Gasteiger partial charge is 0.329 e. The summed E-state index contributed by atoms with van der Waals surface area (Å²) >= 11 is 0. The number of para-hydroxylation sites is 2. The molecule has 0 spiro atoms. The number of carbonyl (C=O) groups is 4. The van der Waals surface area contributed by atoms with Crippen molar-refractivity contribution in [3.63, 3.8) is 0 Å². The van der Waals surface area contributed by atoms with Crippen LogP contribution in [0.25, 0.3) is 22.1 Å². The Morgan fingerprint density at radius 3 is 1.17 bits per heavy atom. The van der Waals surface area contributed by atoms with Gasteiger partial charge in [0.05, 0.1) is 159 Å². The number of fused-ring (bicyclic) bond motifs is 2. The molecule has 0 bridgehead atoms. The Kier molecular flexibility index (Phi) is 33.1. The summed E-state index contributed by atoms with van der Waals surface area (Å²) in [5.41, 5.74) is 4.66. The van der Waals surface area contributed by atoms with Gasteiger partial charge in [0.15, 0.2) is 11.6 Å². The van der Waals surface area contributed by atoms with Crippen LogP contribution in [0.4, 0.5) is 0 Å². The maximum absolute atomic E-state index is 13.0. The largest absolute Gasteiger partial charge is 0.394 e. The van der Waals surface area contributed by atoms with Crippen molar-refractivity contribution in [1.29, 1.82) is 0 Å². The van der Waals surface area contributed by atoms with E-state index in [1.807, 2.05) is 36.4 Å². The second-order valence-electron chi connectivity index (χ2n) is 17.8. The average molecular weight is 1140 g/mol. The molecular formula is C52H78BN4O18SV. The first-order valence-corrected chi connectivity index (χ1v) is 27.1. The molecule has 2 aromatic carbocycles. The molecule has 2 aliphatic carbocycles. The van der Waals surface area contributed by atoms with E-state index in [9.17, 15) is 37.2 Å². The number of benzene rings is 2. The minimum Gasteiger partial charge on any atom is -0.394 e. The van der Waals surface area contributed by atoms with Crippen LogP contribution in [-0.2, 0) is 117 Å². The number of aromatic nitrogens is 4. The van der Waals surface area contributed by atoms with E-state index >= 15 is 0 Å². The topological polar surface area (TPSA) is 260 Å². The van der Waals surface area contributed by atoms with Crippen molar-refractivity contribution in [2.75, 3.05) is 125 Å². The van der Waals surface area contributed by atoms with E-state index in [-0.39, 0.29) is 102 Å². The Labute approximate surface area is 464 Å². The van der Waals surface area contributed by atoms with Crippen LogP contribution < -0.4 is 11.4 Å². The second-order valence-corrected chi connectivity index (χ2v) is 19.5. The SMILES string of the molecule is C.Cn1c(=O)n(C2CCC(=O)CC2=O)c2cccc(CCCOCCOCCOCCOCCO)c21.Cn1c(=O)n(C2CCC(=O)CC2=O)c2cccc(CCCOCCOCCOCCOCCOS(C)(=O)=O)c21.[B].[V]. The van der Waals surface area contributed by atoms with Gasteiger partial charge in [-0.1, -0.05) is 31.7 Å². The zero-order chi connectivity index (χ0) is 53.3. The molecule has 0 amide bonds. The number of aliphatic hydroxyl groups is 1. The van der Waals surface area contributed by atoms with Crippen molar-refractivity contribution in [1.82, 2.24) is 18.3 Å². The van der Waals surface area contributed by atoms with Crippen LogP contribution in [-0.4, -0.2) is 189 Å². The summed E-state index contributed by atoms with van der Waals surface area (Å²) in [6.07, 6.45) is 5.15. The van der Waals surface area contributed by atoms with Gasteiger partial charge in [0.2, 0.25) is 0 Å². The van der Waals surface area contributed by atoms with E-state index in [4.69, 9.17) is 43.0 Å². The zero-order valence-corrected chi connectivity index (χ0v) is 46.2. The molecule has 2 unspecified atom stereocenters. The Balaban J connectivity index is 0.000000510. The molecule has 6 rings (SSSR count). The molecule has 25 heteroatoms.